The van der Waals surface area contributed by atoms with Gasteiger partial charge in [-0.2, -0.15) is 0 Å². The molecular weight excluding hydrogens is 1170 g/mol. The number of nitrogens with zero attached hydrogens (tertiary/aromatic N) is 3. The number of hydrogen-bond acceptors (Lipinski definition) is 6. The highest BCUT2D eigenvalue weighted by Gasteiger charge is 2.37. The van der Waals surface area contributed by atoms with Crippen molar-refractivity contribution in [2.45, 2.75) is 29.4 Å². The quantitative estimate of drug-likeness (QED) is 0.164. The molecule has 0 atom stereocenters. The minimum Gasteiger partial charge on any atom is -0.308 e. The summed E-state index contributed by atoms with van der Waals surface area (Å²) in [4.78, 5) is 1.81. The molecule has 0 radical (unpaired) electrons. The number of aromatic nitrogens is 3. The van der Waals surface area contributed by atoms with E-state index in [9.17, 15) is 25.3 Å². The van der Waals surface area contributed by atoms with Crippen LogP contribution in [0.25, 0.3) is 149 Å². The third-order valence-corrected chi connectivity index (χ3v) is 24.5. The Morgan fingerprint density at radius 1 is 0.211 bits per heavy atom. The second-order valence-electron chi connectivity index (χ2n) is 23.5. The lowest BCUT2D eigenvalue weighted by atomic mass is 9.95. The standard InChI is InChI=1S/C78H45N3O6S3/c82-88(83)67-25-13-10-22-55(67)58-40-49(31-37-70(58)88)46-28-34-64-61(43-46)73-76(79(64)52-16-4-1-5-17-52)74-62-44-47(50-32-38-71-59(41-50)56-23-11-14-26-68(56)89(71,84)85)29-35-65(62)80(53-18-6-2-7-19-53)78(74)75-63-45-48(30-36-66(63)81(77(73)75)54-20-8-3-9-21-54)51-33-39-72-60(42-51)57-24-12-15-27-69(57)90(72,86)87/h1-45H. The number of rotatable bonds is 6. The molecule has 0 unspecified atom stereocenters. The van der Waals surface area contributed by atoms with Crippen LogP contribution in [0.4, 0.5) is 0 Å². The van der Waals surface area contributed by atoms with E-state index < -0.39 is 29.5 Å². The van der Waals surface area contributed by atoms with Gasteiger partial charge in [-0.3, -0.25) is 0 Å². The molecule has 0 fully saturated rings. The minimum absolute atomic E-state index is 0.295. The third kappa shape index (κ3) is 6.81. The molecule has 0 saturated heterocycles. The Morgan fingerprint density at radius 2 is 0.444 bits per heavy atom. The molecule has 0 saturated carbocycles. The van der Waals surface area contributed by atoms with Gasteiger partial charge in [-0.25, -0.2) is 25.3 Å². The van der Waals surface area contributed by atoms with E-state index in [2.05, 4.69) is 141 Å². The lowest BCUT2D eigenvalue weighted by Gasteiger charge is -2.13. The third-order valence-electron chi connectivity index (χ3n) is 18.9. The van der Waals surface area contributed by atoms with Crippen LogP contribution in [0.2, 0.25) is 0 Å². The summed E-state index contributed by atoms with van der Waals surface area (Å²) in [5, 5.41) is 5.89. The van der Waals surface area contributed by atoms with Crippen molar-refractivity contribution in [2.75, 3.05) is 0 Å². The van der Waals surface area contributed by atoms with Crippen molar-refractivity contribution in [1.82, 2.24) is 13.7 Å². The molecule has 16 aromatic rings. The molecule has 12 heteroatoms. The van der Waals surface area contributed by atoms with Crippen molar-refractivity contribution in [2.24, 2.45) is 0 Å². The molecule has 90 heavy (non-hydrogen) atoms. The van der Waals surface area contributed by atoms with Crippen molar-refractivity contribution >= 4 is 94.9 Å². The largest absolute Gasteiger partial charge is 0.308 e. The maximum Gasteiger partial charge on any atom is 0.207 e. The van der Waals surface area contributed by atoms with Gasteiger partial charge in [-0.05, 0) is 161 Å². The Morgan fingerprint density at radius 3 is 0.733 bits per heavy atom. The van der Waals surface area contributed by atoms with Crippen LogP contribution < -0.4 is 0 Å². The van der Waals surface area contributed by atoms with E-state index >= 15 is 0 Å². The number of fused-ring (bicyclic) bond motifs is 21. The molecule has 0 N–H and O–H groups in total. The molecule has 426 valence electrons. The maximum atomic E-state index is 14.0. The normalized spacial score (nSPS) is 14.5. The molecule has 3 aliphatic rings. The van der Waals surface area contributed by atoms with Crippen LogP contribution in [0.1, 0.15) is 0 Å². The number of benzene rings is 13. The van der Waals surface area contributed by atoms with Crippen molar-refractivity contribution in [3.63, 3.8) is 0 Å². The molecule has 3 aliphatic heterocycles. The smallest absolute Gasteiger partial charge is 0.207 e. The fraction of sp³-hybridized carbons (Fsp3) is 0. The van der Waals surface area contributed by atoms with E-state index in [1.807, 2.05) is 91.0 Å². The van der Waals surface area contributed by atoms with Gasteiger partial charge in [0, 0.05) is 82.8 Å². The minimum atomic E-state index is -3.72. The molecule has 0 bridgehead atoms. The van der Waals surface area contributed by atoms with Crippen molar-refractivity contribution in [3.8, 4) is 83.8 Å². The first kappa shape index (κ1) is 51.2. The summed E-state index contributed by atoms with van der Waals surface area (Å²) in [5.74, 6) is 0. The predicted molar refractivity (Wildman–Crippen MR) is 358 cm³/mol. The monoisotopic (exact) mass is 1220 g/mol. The van der Waals surface area contributed by atoms with Gasteiger partial charge in [-0.1, -0.05) is 146 Å². The number of hydrogen-bond donors (Lipinski definition) is 0. The van der Waals surface area contributed by atoms with E-state index in [1.54, 1.807) is 54.6 Å². The molecular formula is C78H45N3O6S3. The first-order valence-electron chi connectivity index (χ1n) is 29.6. The zero-order valence-corrected chi connectivity index (χ0v) is 49.9. The summed E-state index contributed by atoms with van der Waals surface area (Å²) >= 11 is 0. The number of sulfone groups is 3. The fourth-order valence-electron chi connectivity index (χ4n) is 15.0. The predicted octanol–water partition coefficient (Wildman–Crippen LogP) is 18.4. The SMILES string of the molecule is O=S1(=O)c2ccccc2-c2cc(-c3ccc4c(c3)c3c(c5c6cc(-c7ccc8c(c7)-c7ccccc7S8(=O)=O)ccc6n(-c6ccccc6)c5c5c6cc(-c7ccc8c(c7)-c7ccccc7S8(=O)=O)ccc6n(-c6ccccc6)c35)n4-c3ccccc3)ccc21. The second-order valence-corrected chi connectivity index (χ2v) is 29.2. The zero-order valence-electron chi connectivity index (χ0n) is 47.5. The van der Waals surface area contributed by atoms with Gasteiger partial charge < -0.3 is 13.7 Å². The molecule has 19 rings (SSSR count). The Kier molecular flexibility index (Phi) is 10.3. The van der Waals surface area contributed by atoms with E-state index in [-0.39, 0.29) is 0 Å². The Balaban J connectivity index is 0.998. The number of para-hydroxylation sites is 3. The lowest BCUT2D eigenvalue weighted by Crippen LogP contribution is -1.97. The topological polar surface area (TPSA) is 117 Å². The van der Waals surface area contributed by atoms with Crippen LogP contribution in [0.5, 0.6) is 0 Å². The summed E-state index contributed by atoms with van der Waals surface area (Å²) in [5.41, 5.74) is 18.0. The highest BCUT2D eigenvalue weighted by Crippen LogP contribution is 2.54. The van der Waals surface area contributed by atoms with Gasteiger partial charge in [0.1, 0.15) is 0 Å². The fourth-order valence-corrected chi connectivity index (χ4v) is 20.0. The first-order valence-corrected chi connectivity index (χ1v) is 34.1. The summed E-state index contributed by atoms with van der Waals surface area (Å²) < 4.78 is 91.2. The van der Waals surface area contributed by atoms with Crippen LogP contribution in [-0.2, 0) is 29.5 Å². The molecule has 3 aromatic heterocycles. The lowest BCUT2D eigenvalue weighted by molar-refractivity contribution is 0.597. The van der Waals surface area contributed by atoms with Crippen molar-refractivity contribution < 1.29 is 25.3 Å². The van der Waals surface area contributed by atoms with Gasteiger partial charge in [0.2, 0.25) is 29.5 Å². The van der Waals surface area contributed by atoms with Crippen LogP contribution in [-0.4, -0.2) is 39.0 Å². The molecule has 6 heterocycles. The average Bonchev–Trinajstić information content (AvgIpc) is 1.51. The van der Waals surface area contributed by atoms with Crippen LogP contribution in [0.3, 0.4) is 0 Å². The Bertz CT molecular complexity index is 5670. The molecule has 13 aromatic carbocycles. The molecule has 0 aliphatic carbocycles. The van der Waals surface area contributed by atoms with E-state index in [0.29, 0.717) is 62.8 Å². The van der Waals surface area contributed by atoms with Gasteiger partial charge in [-0.15, -0.1) is 0 Å². The van der Waals surface area contributed by atoms with E-state index in [1.165, 1.54) is 0 Å². The zero-order chi connectivity index (χ0) is 60.1. The summed E-state index contributed by atoms with van der Waals surface area (Å²) in [6, 6.07) is 90.0. The highest BCUT2D eigenvalue weighted by molar-refractivity contribution is 7.92. The Hall–Kier alpha value is -10.9. The van der Waals surface area contributed by atoms with E-state index in [4.69, 9.17) is 0 Å². The first-order chi connectivity index (χ1) is 43.9. The molecule has 0 spiro atoms. The van der Waals surface area contributed by atoms with Crippen LogP contribution in [0, 0.1) is 0 Å². The Labute approximate surface area is 516 Å². The van der Waals surface area contributed by atoms with Crippen LogP contribution in [0.15, 0.2) is 302 Å². The van der Waals surface area contributed by atoms with Gasteiger partial charge in [0.25, 0.3) is 0 Å². The average molecular weight is 1220 g/mol. The van der Waals surface area contributed by atoms with E-state index in [0.717, 1.165) is 116 Å². The summed E-state index contributed by atoms with van der Waals surface area (Å²) in [7, 11) is -11.2. The molecule has 0 amide bonds. The van der Waals surface area contributed by atoms with Crippen LogP contribution >= 0.6 is 0 Å². The van der Waals surface area contributed by atoms with Gasteiger partial charge in [0.05, 0.1) is 62.5 Å². The molecule has 9 nitrogen and oxygen atoms in total. The highest BCUT2D eigenvalue weighted by atomic mass is 32.2. The van der Waals surface area contributed by atoms with Crippen molar-refractivity contribution in [3.05, 3.63) is 273 Å². The van der Waals surface area contributed by atoms with Crippen molar-refractivity contribution in [1.29, 1.82) is 0 Å². The van der Waals surface area contributed by atoms with Gasteiger partial charge in [0.15, 0.2) is 0 Å². The second kappa shape index (κ2) is 18.1. The maximum absolute atomic E-state index is 14.0. The summed E-state index contributed by atoms with van der Waals surface area (Å²) in [6.45, 7) is 0. The van der Waals surface area contributed by atoms with Gasteiger partial charge >= 0.3 is 0 Å². The summed E-state index contributed by atoms with van der Waals surface area (Å²) in [6.07, 6.45) is 0.